The second-order valence-corrected chi connectivity index (χ2v) is 7.15. The van der Waals surface area contributed by atoms with E-state index in [9.17, 15) is 14.9 Å². The summed E-state index contributed by atoms with van der Waals surface area (Å²) >= 11 is 1.43. The zero-order valence-corrected chi connectivity index (χ0v) is 14.7. The van der Waals surface area contributed by atoms with Crippen LogP contribution in [-0.2, 0) is 4.79 Å². The molecular weight excluding hydrogens is 336 g/mol. The van der Waals surface area contributed by atoms with Gasteiger partial charge in [0.15, 0.2) is 0 Å². The Hall–Kier alpha value is -2.34. The van der Waals surface area contributed by atoms with Crippen molar-refractivity contribution < 1.29 is 9.72 Å². The molecule has 25 heavy (non-hydrogen) atoms. The lowest BCUT2D eigenvalue weighted by molar-refractivity contribution is -0.384. The van der Waals surface area contributed by atoms with Gasteiger partial charge in [-0.2, -0.15) is 0 Å². The standard InChI is InChI=1S/C19H20N2O3S/c22-19(14-25-18-8-6-17(7-9-18)21(23)24)20-12-10-16(11-13-20)15-4-2-1-3-5-15/h1-9,16H,10-14H2. The number of non-ortho nitro benzene ring substituents is 1. The van der Waals surface area contributed by atoms with Crippen LogP contribution in [0, 0.1) is 10.1 Å². The normalized spacial score (nSPS) is 15.1. The summed E-state index contributed by atoms with van der Waals surface area (Å²) in [4.78, 5) is 25.4. The van der Waals surface area contributed by atoms with E-state index < -0.39 is 4.92 Å². The molecule has 6 heteroatoms. The van der Waals surface area contributed by atoms with Crippen LogP contribution in [0.1, 0.15) is 24.3 Å². The Morgan fingerprint density at radius 1 is 1.08 bits per heavy atom. The van der Waals surface area contributed by atoms with Gasteiger partial charge in [0.25, 0.3) is 5.69 Å². The number of amides is 1. The molecule has 2 aromatic carbocycles. The maximum absolute atomic E-state index is 12.4. The van der Waals surface area contributed by atoms with Crippen molar-refractivity contribution in [2.45, 2.75) is 23.7 Å². The van der Waals surface area contributed by atoms with Crippen molar-refractivity contribution >= 4 is 23.4 Å². The molecule has 0 atom stereocenters. The first kappa shape index (κ1) is 17.5. The summed E-state index contributed by atoms with van der Waals surface area (Å²) < 4.78 is 0. The predicted octanol–water partition coefficient (Wildman–Crippen LogP) is 4.09. The van der Waals surface area contributed by atoms with E-state index in [-0.39, 0.29) is 11.6 Å². The van der Waals surface area contributed by atoms with Gasteiger partial charge in [0.2, 0.25) is 5.91 Å². The summed E-state index contributed by atoms with van der Waals surface area (Å²) in [5.74, 6) is 1.04. The smallest absolute Gasteiger partial charge is 0.269 e. The van der Waals surface area contributed by atoms with Gasteiger partial charge in [-0.3, -0.25) is 14.9 Å². The van der Waals surface area contributed by atoms with Gasteiger partial charge in [0, 0.05) is 30.1 Å². The number of benzene rings is 2. The summed E-state index contributed by atoms with van der Waals surface area (Å²) in [6, 6.07) is 16.8. The lowest BCUT2D eigenvalue weighted by Crippen LogP contribution is -2.38. The van der Waals surface area contributed by atoms with E-state index in [0.717, 1.165) is 30.8 Å². The van der Waals surface area contributed by atoms with E-state index in [1.165, 1.54) is 29.5 Å². The van der Waals surface area contributed by atoms with Crippen molar-refractivity contribution in [1.82, 2.24) is 4.90 Å². The van der Waals surface area contributed by atoms with Crippen LogP contribution in [0.25, 0.3) is 0 Å². The number of nitro benzene ring substituents is 1. The van der Waals surface area contributed by atoms with Crippen molar-refractivity contribution in [3.8, 4) is 0 Å². The van der Waals surface area contributed by atoms with E-state index >= 15 is 0 Å². The first-order chi connectivity index (χ1) is 12.1. The third kappa shape index (κ3) is 4.60. The Bertz CT molecular complexity index is 726. The molecule has 130 valence electrons. The van der Waals surface area contributed by atoms with Gasteiger partial charge < -0.3 is 4.90 Å². The van der Waals surface area contributed by atoms with Crippen LogP contribution in [0.15, 0.2) is 59.5 Å². The van der Waals surface area contributed by atoms with Gasteiger partial charge in [-0.1, -0.05) is 30.3 Å². The average Bonchev–Trinajstić information content (AvgIpc) is 2.67. The third-order valence-electron chi connectivity index (χ3n) is 4.53. The summed E-state index contributed by atoms with van der Waals surface area (Å²) in [5, 5.41) is 10.7. The van der Waals surface area contributed by atoms with Crippen LogP contribution in [0.5, 0.6) is 0 Å². The number of rotatable bonds is 5. The summed E-state index contributed by atoms with van der Waals surface area (Å²) in [5.41, 5.74) is 1.42. The van der Waals surface area contributed by atoms with Gasteiger partial charge in [-0.05, 0) is 36.5 Å². The Morgan fingerprint density at radius 3 is 2.32 bits per heavy atom. The van der Waals surface area contributed by atoms with Crippen molar-refractivity contribution in [2.24, 2.45) is 0 Å². The molecule has 1 fully saturated rings. The van der Waals surface area contributed by atoms with Gasteiger partial charge in [-0.15, -0.1) is 11.8 Å². The minimum atomic E-state index is -0.420. The summed E-state index contributed by atoms with van der Waals surface area (Å²) in [6.07, 6.45) is 2.00. The fourth-order valence-electron chi connectivity index (χ4n) is 3.09. The molecule has 1 saturated heterocycles. The maximum atomic E-state index is 12.4. The Labute approximate surface area is 151 Å². The fraction of sp³-hybridized carbons (Fsp3) is 0.316. The highest BCUT2D eigenvalue weighted by Crippen LogP contribution is 2.28. The monoisotopic (exact) mass is 356 g/mol. The second kappa shape index (κ2) is 8.16. The molecule has 0 unspecified atom stereocenters. The van der Waals surface area contributed by atoms with Crippen molar-refractivity contribution in [3.05, 3.63) is 70.3 Å². The molecule has 0 aliphatic carbocycles. The first-order valence-electron chi connectivity index (χ1n) is 8.33. The SMILES string of the molecule is O=C(CSc1ccc([N+](=O)[O-])cc1)N1CCC(c2ccccc2)CC1. The van der Waals surface area contributed by atoms with E-state index in [2.05, 4.69) is 24.3 Å². The highest BCUT2D eigenvalue weighted by atomic mass is 32.2. The third-order valence-corrected chi connectivity index (χ3v) is 5.53. The Balaban J connectivity index is 1.47. The second-order valence-electron chi connectivity index (χ2n) is 6.11. The number of thioether (sulfide) groups is 1. The predicted molar refractivity (Wildman–Crippen MR) is 98.8 cm³/mol. The zero-order chi connectivity index (χ0) is 17.6. The molecule has 1 amide bonds. The molecule has 0 N–H and O–H groups in total. The lowest BCUT2D eigenvalue weighted by atomic mass is 9.89. The number of carbonyl (C=O) groups excluding carboxylic acids is 1. The number of hydrogen-bond acceptors (Lipinski definition) is 4. The molecule has 0 saturated carbocycles. The largest absolute Gasteiger partial charge is 0.342 e. The van der Waals surface area contributed by atoms with Gasteiger partial charge in [0.05, 0.1) is 10.7 Å². The average molecular weight is 356 g/mol. The summed E-state index contributed by atoms with van der Waals surface area (Å²) in [7, 11) is 0. The van der Waals surface area contributed by atoms with Crippen molar-refractivity contribution in [2.75, 3.05) is 18.8 Å². The minimum Gasteiger partial charge on any atom is -0.342 e. The van der Waals surface area contributed by atoms with Crippen LogP contribution in [0.3, 0.4) is 0 Å². The molecule has 0 bridgehead atoms. The van der Waals surface area contributed by atoms with E-state index in [0.29, 0.717) is 11.7 Å². The van der Waals surface area contributed by atoms with Gasteiger partial charge in [0.1, 0.15) is 0 Å². The molecule has 1 aliphatic rings. The fourth-order valence-corrected chi connectivity index (χ4v) is 3.89. The molecule has 5 nitrogen and oxygen atoms in total. The zero-order valence-electron chi connectivity index (χ0n) is 13.8. The number of hydrogen-bond donors (Lipinski definition) is 0. The van der Waals surface area contributed by atoms with E-state index in [4.69, 9.17) is 0 Å². The number of carbonyl (C=O) groups is 1. The summed E-state index contributed by atoms with van der Waals surface area (Å²) in [6.45, 7) is 1.58. The number of nitrogens with zero attached hydrogens (tertiary/aromatic N) is 2. The quantitative estimate of drug-likeness (QED) is 0.460. The van der Waals surface area contributed by atoms with Crippen LogP contribution in [-0.4, -0.2) is 34.6 Å². The molecular formula is C19H20N2O3S. The number of piperidine rings is 1. The van der Waals surface area contributed by atoms with Crippen molar-refractivity contribution in [1.29, 1.82) is 0 Å². The Morgan fingerprint density at radius 2 is 1.72 bits per heavy atom. The minimum absolute atomic E-state index is 0.0682. The van der Waals surface area contributed by atoms with Crippen LogP contribution in [0.2, 0.25) is 0 Å². The highest BCUT2D eigenvalue weighted by molar-refractivity contribution is 8.00. The molecule has 0 spiro atoms. The number of likely N-dealkylation sites (tertiary alicyclic amines) is 1. The van der Waals surface area contributed by atoms with Crippen LogP contribution >= 0.6 is 11.8 Å². The van der Waals surface area contributed by atoms with Crippen LogP contribution in [0.4, 0.5) is 5.69 Å². The van der Waals surface area contributed by atoms with Gasteiger partial charge in [-0.25, -0.2) is 0 Å². The van der Waals surface area contributed by atoms with Crippen LogP contribution < -0.4 is 0 Å². The molecule has 1 aliphatic heterocycles. The lowest BCUT2D eigenvalue weighted by Gasteiger charge is -2.32. The molecule has 2 aromatic rings. The molecule has 0 aromatic heterocycles. The first-order valence-corrected chi connectivity index (χ1v) is 9.32. The van der Waals surface area contributed by atoms with E-state index in [1.54, 1.807) is 12.1 Å². The molecule has 0 radical (unpaired) electrons. The molecule has 1 heterocycles. The van der Waals surface area contributed by atoms with Gasteiger partial charge >= 0.3 is 0 Å². The van der Waals surface area contributed by atoms with Crippen molar-refractivity contribution in [3.63, 3.8) is 0 Å². The van der Waals surface area contributed by atoms with E-state index in [1.807, 2.05) is 11.0 Å². The topological polar surface area (TPSA) is 63.4 Å². The Kier molecular flexibility index (Phi) is 5.71. The number of nitro groups is 1. The maximum Gasteiger partial charge on any atom is 0.269 e. The molecule has 3 rings (SSSR count). The highest BCUT2D eigenvalue weighted by Gasteiger charge is 2.23.